The number of benzene rings is 1. The number of morpholine rings is 1. The lowest BCUT2D eigenvalue weighted by Gasteiger charge is -2.43. The van der Waals surface area contributed by atoms with Crippen molar-refractivity contribution in [2.75, 3.05) is 30.7 Å². The van der Waals surface area contributed by atoms with Gasteiger partial charge in [-0.05, 0) is 31.0 Å². The summed E-state index contributed by atoms with van der Waals surface area (Å²) in [5.41, 5.74) is 7.14. The van der Waals surface area contributed by atoms with Gasteiger partial charge >= 0.3 is 0 Å². The van der Waals surface area contributed by atoms with Crippen molar-refractivity contribution in [2.45, 2.75) is 37.8 Å². The number of ether oxygens (including phenoxy) is 1. The molecule has 1 amide bonds. The van der Waals surface area contributed by atoms with Crippen LogP contribution in [0.4, 0.5) is 11.4 Å². The van der Waals surface area contributed by atoms with E-state index in [0.29, 0.717) is 24.4 Å². The molecule has 21 heavy (non-hydrogen) atoms. The highest BCUT2D eigenvalue weighted by molar-refractivity contribution is 5.92. The molecule has 1 aliphatic heterocycles. The summed E-state index contributed by atoms with van der Waals surface area (Å²) in [5.74, 6) is 0.0202. The largest absolute Gasteiger partial charge is 0.399 e. The lowest BCUT2D eigenvalue weighted by atomic mass is 9.90. The van der Waals surface area contributed by atoms with Crippen LogP contribution < -0.4 is 11.1 Å². The molecule has 1 heterocycles. The fraction of sp³-hybridized carbons (Fsp3) is 0.562. The summed E-state index contributed by atoms with van der Waals surface area (Å²) in [6, 6.07) is 7.69. The van der Waals surface area contributed by atoms with Gasteiger partial charge in [-0.2, -0.15) is 0 Å². The second-order valence-corrected chi connectivity index (χ2v) is 5.91. The maximum absolute atomic E-state index is 12.2. The molecule has 2 atom stereocenters. The SMILES string of the molecule is Nc1cccc(NC(=O)CN2CCOC3CCCCC32)c1. The third-order valence-corrected chi connectivity index (χ3v) is 4.36. The molecule has 0 bridgehead atoms. The Balaban J connectivity index is 1.58. The molecule has 2 fully saturated rings. The Bertz CT molecular complexity index is 504. The molecule has 1 saturated heterocycles. The highest BCUT2D eigenvalue weighted by Gasteiger charge is 2.34. The van der Waals surface area contributed by atoms with E-state index in [1.807, 2.05) is 18.2 Å². The second kappa shape index (κ2) is 6.45. The fourth-order valence-corrected chi connectivity index (χ4v) is 3.37. The van der Waals surface area contributed by atoms with Crippen molar-refractivity contribution in [2.24, 2.45) is 0 Å². The van der Waals surface area contributed by atoms with Gasteiger partial charge in [-0.15, -0.1) is 0 Å². The zero-order chi connectivity index (χ0) is 14.7. The number of carbonyl (C=O) groups is 1. The van der Waals surface area contributed by atoms with Crippen LogP contribution in [0, 0.1) is 0 Å². The van der Waals surface area contributed by atoms with Crippen molar-refractivity contribution < 1.29 is 9.53 Å². The molecule has 1 aliphatic carbocycles. The summed E-state index contributed by atoms with van der Waals surface area (Å²) < 4.78 is 5.84. The molecule has 1 aromatic carbocycles. The van der Waals surface area contributed by atoms with Crippen LogP contribution in [0.1, 0.15) is 25.7 Å². The van der Waals surface area contributed by atoms with Crippen molar-refractivity contribution in [1.29, 1.82) is 0 Å². The molecular weight excluding hydrogens is 266 g/mol. The van der Waals surface area contributed by atoms with Gasteiger partial charge in [0.15, 0.2) is 0 Å². The summed E-state index contributed by atoms with van der Waals surface area (Å²) in [5, 5.41) is 2.92. The first-order chi connectivity index (χ1) is 10.2. The summed E-state index contributed by atoms with van der Waals surface area (Å²) in [4.78, 5) is 14.5. The summed E-state index contributed by atoms with van der Waals surface area (Å²) in [7, 11) is 0. The standard InChI is InChI=1S/C16H23N3O2/c17-12-4-3-5-13(10-12)18-16(20)11-19-8-9-21-15-7-2-1-6-14(15)19/h3-5,10,14-15H,1-2,6-9,11,17H2,(H,18,20). The van der Waals surface area contributed by atoms with Gasteiger partial charge in [-0.25, -0.2) is 0 Å². The number of nitrogens with one attached hydrogen (secondary N) is 1. The van der Waals surface area contributed by atoms with Gasteiger partial charge in [0.2, 0.25) is 5.91 Å². The zero-order valence-corrected chi connectivity index (χ0v) is 12.3. The monoisotopic (exact) mass is 289 g/mol. The molecule has 5 nitrogen and oxygen atoms in total. The van der Waals surface area contributed by atoms with Crippen molar-refractivity contribution in [3.05, 3.63) is 24.3 Å². The molecule has 0 spiro atoms. The Hall–Kier alpha value is -1.59. The van der Waals surface area contributed by atoms with Crippen molar-refractivity contribution in [3.63, 3.8) is 0 Å². The minimum atomic E-state index is 0.0202. The molecule has 0 radical (unpaired) electrons. The van der Waals surface area contributed by atoms with Crippen molar-refractivity contribution in [3.8, 4) is 0 Å². The maximum Gasteiger partial charge on any atom is 0.238 e. The van der Waals surface area contributed by atoms with E-state index < -0.39 is 0 Å². The van der Waals surface area contributed by atoms with Gasteiger partial charge in [-0.3, -0.25) is 9.69 Å². The molecular formula is C16H23N3O2. The van der Waals surface area contributed by atoms with Crippen LogP contribution in [-0.4, -0.2) is 42.6 Å². The fourth-order valence-electron chi connectivity index (χ4n) is 3.37. The van der Waals surface area contributed by atoms with E-state index in [4.69, 9.17) is 10.5 Å². The summed E-state index contributed by atoms with van der Waals surface area (Å²) in [6.45, 7) is 2.00. The first kappa shape index (κ1) is 14.4. The minimum Gasteiger partial charge on any atom is -0.399 e. The quantitative estimate of drug-likeness (QED) is 0.833. The third-order valence-electron chi connectivity index (χ3n) is 4.36. The third kappa shape index (κ3) is 3.54. The number of hydrogen-bond donors (Lipinski definition) is 2. The smallest absolute Gasteiger partial charge is 0.238 e. The molecule has 114 valence electrons. The van der Waals surface area contributed by atoms with E-state index in [1.165, 1.54) is 12.8 Å². The van der Waals surface area contributed by atoms with Crippen LogP contribution >= 0.6 is 0 Å². The van der Waals surface area contributed by atoms with E-state index in [0.717, 1.165) is 31.7 Å². The van der Waals surface area contributed by atoms with Gasteiger partial charge in [0.25, 0.3) is 0 Å². The Morgan fingerprint density at radius 1 is 1.38 bits per heavy atom. The Labute approximate surface area is 125 Å². The van der Waals surface area contributed by atoms with Gasteiger partial charge in [0, 0.05) is 24.0 Å². The van der Waals surface area contributed by atoms with Gasteiger partial charge in [0.05, 0.1) is 19.3 Å². The average Bonchev–Trinajstić information content (AvgIpc) is 2.47. The van der Waals surface area contributed by atoms with E-state index in [1.54, 1.807) is 6.07 Å². The molecule has 5 heteroatoms. The molecule has 3 N–H and O–H groups in total. The number of fused-ring (bicyclic) bond motifs is 1. The van der Waals surface area contributed by atoms with Crippen LogP contribution in [0.3, 0.4) is 0 Å². The van der Waals surface area contributed by atoms with Crippen LogP contribution in [0.5, 0.6) is 0 Å². The van der Waals surface area contributed by atoms with Crippen LogP contribution in [0.2, 0.25) is 0 Å². The number of amides is 1. The highest BCUT2D eigenvalue weighted by Crippen LogP contribution is 2.28. The van der Waals surface area contributed by atoms with Gasteiger partial charge < -0.3 is 15.8 Å². The number of anilines is 2. The van der Waals surface area contributed by atoms with Crippen LogP contribution in [-0.2, 0) is 9.53 Å². The zero-order valence-electron chi connectivity index (χ0n) is 12.3. The van der Waals surface area contributed by atoms with Crippen LogP contribution in [0.15, 0.2) is 24.3 Å². The first-order valence-electron chi connectivity index (χ1n) is 7.73. The van der Waals surface area contributed by atoms with E-state index >= 15 is 0 Å². The Morgan fingerprint density at radius 3 is 3.10 bits per heavy atom. The molecule has 0 aromatic heterocycles. The Kier molecular flexibility index (Phi) is 4.41. The average molecular weight is 289 g/mol. The molecule has 2 aliphatic rings. The number of hydrogen-bond acceptors (Lipinski definition) is 4. The normalized spacial score (nSPS) is 26.1. The Morgan fingerprint density at radius 2 is 2.24 bits per heavy atom. The van der Waals surface area contributed by atoms with E-state index in [-0.39, 0.29) is 5.91 Å². The van der Waals surface area contributed by atoms with E-state index in [2.05, 4.69) is 10.2 Å². The van der Waals surface area contributed by atoms with Gasteiger partial charge in [0.1, 0.15) is 0 Å². The molecule has 2 unspecified atom stereocenters. The van der Waals surface area contributed by atoms with E-state index in [9.17, 15) is 4.79 Å². The first-order valence-corrected chi connectivity index (χ1v) is 7.73. The van der Waals surface area contributed by atoms with Crippen molar-refractivity contribution in [1.82, 2.24) is 4.90 Å². The second-order valence-electron chi connectivity index (χ2n) is 5.91. The number of carbonyl (C=O) groups excluding carboxylic acids is 1. The molecule has 3 rings (SSSR count). The van der Waals surface area contributed by atoms with Crippen molar-refractivity contribution >= 4 is 17.3 Å². The number of nitrogens with two attached hydrogens (primary N) is 1. The maximum atomic E-state index is 12.2. The lowest BCUT2D eigenvalue weighted by molar-refractivity contribution is -0.124. The number of rotatable bonds is 3. The predicted molar refractivity (Wildman–Crippen MR) is 83.1 cm³/mol. The summed E-state index contributed by atoms with van der Waals surface area (Å²) in [6.07, 6.45) is 5.05. The number of nitrogen functional groups attached to an aromatic ring is 1. The topological polar surface area (TPSA) is 67.6 Å². The highest BCUT2D eigenvalue weighted by atomic mass is 16.5. The van der Waals surface area contributed by atoms with Gasteiger partial charge in [-0.1, -0.05) is 18.9 Å². The predicted octanol–water partition coefficient (Wildman–Crippen LogP) is 1.85. The minimum absolute atomic E-state index is 0.0202. The summed E-state index contributed by atoms with van der Waals surface area (Å²) >= 11 is 0. The molecule has 1 aromatic rings. The number of nitrogens with zero attached hydrogens (tertiary/aromatic N) is 1. The lowest BCUT2D eigenvalue weighted by Crippen LogP contribution is -2.54. The van der Waals surface area contributed by atoms with Crippen LogP contribution in [0.25, 0.3) is 0 Å². The molecule has 1 saturated carbocycles.